The fourth-order valence-corrected chi connectivity index (χ4v) is 3.45. The Morgan fingerprint density at radius 3 is 2.76 bits per heavy atom. The highest BCUT2D eigenvalue weighted by Gasteiger charge is 2.27. The summed E-state index contributed by atoms with van der Waals surface area (Å²) in [5.74, 6) is 1.17. The molecule has 0 saturated heterocycles. The van der Waals surface area contributed by atoms with Crippen molar-refractivity contribution in [2.24, 2.45) is 5.92 Å². The van der Waals surface area contributed by atoms with Crippen LogP contribution in [0.5, 0.6) is 0 Å². The van der Waals surface area contributed by atoms with Crippen molar-refractivity contribution in [1.29, 1.82) is 0 Å². The van der Waals surface area contributed by atoms with Crippen molar-refractivity contribution in [2.75, 3.05) is 5.73 Å². The number of tetrazole rings is 1. The molecule has 21 heavy (non-hydrogen) atoms. The predicted molar refractivity (Wildman–Crippen MR) is 84.4 cm³/mol. The second kappa shape index (κ2) is 5.81. The van der Waals surface area contributed by atoms with Gasteiger partial charge in [-0.05, 0) is 41.3 Å². The average Bonchev–Trinajstić information content (AvgIpc) is 2.92. The van der Waals surface area contributed by atoms with E-state index in [0.717, 1.165) is 6.42 Å². The number of hydrogen-bond acceptors (Lipinski definition) is 4. The Balaban J connectivity index is 2.07. The normalized spacial score (nSPS) is 22.4. The molecule has 1 heterocycles. The van der Waals surface area contributed by atoms with Gasteiger partial charge in [0.05, 0.1) is 16.1 Å². The molecular weight excluding hydrogens is 309 g/mol. The molecule has 0 aliphatic heterocycles. The van der Waals surface area contributed by atoms with Crippen LogP contribution in [-0.2, 0) is 0 Å². The van der Waals surface area contributed by atoms with Crippen LogP contribution in [-0.4, -0.2) is 20.2 Å². The van der Waals surface area contributed by atoms with E-state index >= 15 is 0 Å². The maximum Gasteiger partial charge on any atom is 0.183 e. The van der Waals surface area contributed by atoms with Crippen LogP contribution < -0.4 is 5.73 Å². The molecule has 0 bridgehead atoms. The molecule has 0 radical (unpaired) electrons. The third kappa shape index (κ3) is 2.72. The Labute approximate surface area is 133 Å². The molecule has 1 aromatic heterocycles. The molecule has 1 aliphatic rings. The van der Waals surface area contributed by atoms with Crippen molar-refractivity contribution in [3.8, 4) is 11.4 Å². The molecule has 1 aromatic carbocycles. The van der Waals surface area contributed by atoms with Gasteiger partial charge in [-0.25, -0.2) is 4.68 Å². The van der Waals surface area contributed by atoms with Gasteiger partial charge in [0.2, 0.25) is 0 Å². The number of benzene rings is 1. The molecule has 1 aliphatic carbocycles. The van der Waals surface area contributed by atoms with E-state index in [9.17, 15) is 0 Å². The molecule has 2 N–H and O–H groups in total. The molecule has 0 spiro atoms. The van der Waals surface area contributed by atoms with Gasteiger partial charge < -0.3 is 5.73 Å². The van der Waals surface area contributed by atoms with Crippen molar-refractivity contribution in [2.45, 2.75) is 38.6 Å². The Hall–Kier alpha value is -1.33. The zero-order chi connectivity index (χ0) is 15.0. The van der Waals surface area contributed by atoms with Crippen LogP contribution in [0.25, 0.3) is 11.4 Å². The number of rotatable bonds is 2. The van der Waals surface area contributed by atoms with E-state index in [1.165, 1.54) is 19.3 Å². The van der Waals surface area contributed by atoms with Gasteiger partial charge in [-0.1, -0.05) is 43.0 Å². The molecule has 3 rings (SSSR count). The van der Waals surface area contributed by atoms with Gasteiger partial charge in [0.1, 0.15) is 0 Å². The highest BCUT2D eigenvalue weighted by atomic mass is 35.5. The highest BCUT2D eigenvalue weighted by molar-refractivity contribution is 6.43. The van der Waals surface area contributed by atoms with Gasteiger partial charge >= 0.3 is 0 Å². The molecule has 2 aromatic rings. The minimum absolute atomic E-state index is 0.292. The number of aromatic nitrogens is 4. The SMILES string of the molecule is CC1CCCCC1n1nnnc1-c1cc(N)cc(Cl)c1Cl. The van der Waals surface area contributed by atoms with Gasteiger partial charge in [-0.3, -0.25) is 0 Å². The molecule has 1 saturated carbocycles. The third-order valence-corrected chi connectivity index (χ3v) is 4.97. The van der Waals surface area contributed by atoms with E-state index in [1.807, 2.05) is 4.68 Å². The number of nitrogens with zero attached hydrogens (tertiary/aromatic N) is 4. The van der Waals surface area contributed by atoms with Crippen LogP contribution in [0.1, 0.15) is 38.6 Å². The van der Waals surface area contributed by atoms with E-state index in [0.29, 0.717) is 39.1 Å². The fourth-order valence-electron chi connectivity index (χ4n) is 3.03. The van der Waals surface area contributed by atoms with Crippen LogP contribution >= 0.6 is 23.2 Å². The Kier molecular flexibility index (Phi) is 4.04. The fraction of sp³-hybridized carbons (Fsp3) is 0.500. The summed E-state index contributed by atoms with van der Waals surface area (Å²) in [6, 6.07) is 3.69. The third-order valence-electron chi connectivity index (χ3n) is 4.16. The summed E-state index contributed by atoms with van der Waals surface area (Å²) >= 11 is 12.4. The summed E-state index contributed by atoms with van der Waals surface area (Å²) in [5.41, 5.74) is 7.10. The first-order valence-electron chi connectivity index (χ1n) is 7.10. The van der Waals surface area contributed by atoms with Crippen LogP contribution in [0.2, 0.25) is 10.0 Å². The minimum atomic E-state index is 0.292. The lowest BCUT2D eigenvalue weighted by molar-refractivity contribution is 0.239. The number of halogens is 2. The van der Waals surface area contributed by atoms with E-state index in [-0.39, 0.29) is 0 Å². The minimum Gasteiger partial charge on any atom is -0.399 e. The number of nitrogens with two attached hydrogens (primary N) is 1. The van der Waals surface area contributed by atoms with Crippen LogP contribution in [0.15, 0.2) is 12.1 Å². The Bertz CT molecular complexity index is 655. The van der Waals surface area contributed by atoms with Crippen molar-refractivity contribution in [3.05, 3.63) is 22.2 Å². The van der Waals surface area contributed by atoms with Crippen molar-refractivity contribution in [3.63, 3.8) is 0 Å². The Morgan fingerprint density at radius 2 is 2.00 bits per heavy atom. The Morgan fingerprint density at radius 1 is 1.24 bits per heavy atom. The van der Waals surface area contributed by atoms with Crippen LogP contribution in [0.4, 0.5) is 5.69 Å². The second-order valence-electron chi connectivity index (χ2n) is 5.64. The molecule has 112 valence electrons. The van der Waals surface area contributed by atoms with Gasteiger partial charge in [0.25, 0.3) is 0 Å². The first kappa shape index (κ1) is 14.6. The first-order valence-corrected chi connectivity index (χ1v) is 7.86. The summed E-state index contributed by atoms with van der Waals surface area (Å²) in [6.45, 7) is 2.24. The summed E-state index contributed by atoms with van der Waals surface area (Å²) in [7, 11) is 0. The molecule has 0 amide bonds. The maximum atomic E-state index is 6.31. The average molecular weight is 326 g/mol. The van der Waals surface area contributed by atoms with Gasteiger partial charge in [0, 0.05) is 11.3 Å². The lowest BCUT2D eigenvalue weighted by Gasteiger charge is -2.29. The van der Waals surface area contributed by atoms with E-state index in [2.05, 4.69) is 22.4 Å². The zero-order valence-corrected chi connectivity index (χ0v) is 13.3. The number of hydrogen-bond donors (Lipinski definition) is 1. The van der Waals surface area contributed by atoms with Gasteiger partial charge in [0.15, 0.2) is 5.82 Å². The molecule has 5 nitrogen and oxygen atoms in total. The molecule has 1 fully saturated rings. The lowest BCUT2D eigenvalue weighted by atomic mass is 9.86. The smallest absolute Gasteiger partial charge is 0.183 e. The van der Waals surface area contributed by atoms with Crippen molar-refractivity contribution < 1.29 is 0 Å². The van der Waals surface area contributed by atoms with Crippen molar-refractivity contribution >= 4 is 28.9 Å². The predicted octanol–water partition coefficient (Wildman–Crippen LogP) is 3.98. The topological polar surface area (TPSA) is 69.6 Å². The maximum absolute atomic E-state index is 6.31. The van der Waals surface area contributed by atoms with Crippen molar-refractivity contribution in [1.82, 2.24) is 20.2 Å². The monoisotopic (exact) mass is 325 g/mol. The molecular formula is C14H17Cl2N5. The van der Waals surface area contributed by atoms with E-state index in [1.54, 1.807) is 12.1 Å². The standard InChI is InChI=1S/C14H17Cl2N5/c1-8-4-2-3-5-12(8)21-14(18-19-20-21)10-6-9(17)7-11(15)13(10)16/h6-8,12H,2-5,17H2,1H3. The largest absolute Gasteiger partial charge is 0.399 e. The van der Waals surface area contributed by atoms with Crippen LogP contribution in [0, 0.1) is 5.92 Å². The van der Waals surface area contributed by atoms with Crippen LogP contribution in [0.3, 0.4) is 0 Å². The van der Waals surface area contributed by atoms with E-state index < -0.39 is 0 Å². The number of anilines is 1. The zero-order valence-electron chi connectivity index (χ0n) is 11.8. The summed E-state index contributed by atoms with van der Waals surface area (Å²) in [6.07, 6.45) is 4.72. The summed E-state index contributed by atoms with van der Waals surface area (Å²) < 4.78 is 1.88. The quantitative estimate of drug-likeness (QED) is 0.848. The van der Waals surface area contributed by atoms with E-state index in [4.69, 9.17) is 28.9 Å². The number of nitrogen functional groups attached to an aromatic ring is 1. The molecule has 7 heteroatoms. The first-order chi connectivity index (χ1) is 10.1. The molecule has 2 atom stereocenters. The summed E-state index contributed by atoms with van der Waals surface area (Å²) in [4.78, 5) is 0. The molecule has 2 unspecified atom stereocenters. The van der Waals surface area contributed by atoms with Gasteiger partial charge in [-0.15, -0.1) is 5.10 Å². The summed E-state index contributed by atoms with van der Waals surface area (Å²) in [5, 5.41) is 13.0. The van der Waals surface area contributed by atoms with Gasteiger partial charge in [-0.2, -0.15) is 0 Å². The lowest BCUT2D eigenvalue weighted by Crippen LogP contribution is -2.23. The second-order valence-corrected chi connectivity index (χ2v) is 6.43. The highest BCUT2D eigenvalue weighted by Crippen LogP contribution is 2.39.